The van der Waals surface area contributed by atoms with Crippen LogP contribution in [0.2, 0.25) is 20.1 Å². The van der Waals surface area contributed by atoms with E-state index in [1.165, 1.54) is 6.08 Å². The molecular formula is C22H13Cl4NO. The van der Waals surface area contributed by atoms with Crippen LogP contribution in [0.25, 0.3) is 6.08 Å². The van der Waals surface area contributed by atoms with Gasteiger partial charge in [-0.15, -0.1) is 0 Å². The predicted octanol–water partition coefficient (Wildman–Crippen LogP) is 7.95. The molecule has 28 heavy (non-hydrogen) atoms. The molecule has 0 aliphatic heterocycles. The van der Waals surface area contributed by atoms with Gasteiger partial charge in [-0.2, -0.15) is 0 Å². The molecule has 0 saturated carbocycles. The third-order valence-electron chi connectivity index (χ3n) is 3.83. The van der Waals surface area contributed by atoms with E-state index in [4.69, 9.17) is 46.4 Å². The summed E-state index contributed by atoms with van der Waals surface area (Å²) in [6, 6.07) is 17.5. The molecule has 140 valence electrons. The Bertz CT molecular complexity index is 1070. The number of carbonyl (C=O) groups is 1. The zero-order valence-electron chi connectivity index (χ0n) is 14.4. The number of halogens is 4. The minimum Gasteiger partial charge on any atom is -0.289 e. The highest BCUT2D eigenvalue weighted by atomic mass is 35.5. The van der Waals surface area contributed by atoms with Crippen LogP contribution in [0.5, 0.6) is 0 Å². The zero-order valence-corrected chi connectivity index (χ0v) is 17.4. The third kappa shape index (κ3) is 5.46. The van der Waals surface area contributed by atoms with Crippen molar-refractivity contribution in [3.8, 4) is 0 Å². The molecular weight excluding hydrogens is 436 g/mol. The minimum absolute atomic E-state index is 0.119. The maximum atomic E-state index is 12.3. The summed E-state index contributed by atoms with van der Waals surface area (Å²) in [6.45, 7) is 0. The van der Waals surface area contributed by atoms with Crippen LogP contribution in [0.1, 0.15) is 21.5 Å². The molecule has 0 aliphatic rings. The van der Waals surface area contributed by atoms with Gasteiger partial charge in [0.1, 0.15) is 0 Å². The molecule has 3 aromatic rings. The fraction of sp³-hybridized carbons (Fsp3) is 0. The first-order valence-electron chi connectivity index (χ1n) is 8.19. The number of hydrogen-bond donors (Lipinski definition) is 0. The van der Waals surface area contributed by atoms with E-state index in [1.807, 2.05) is 6.07 Å². The standard InChI is InChI=1S/C22H13Cl4NO/c23-18-8-1-14(11-20(18)25)3-10-22(28)16-4-6-17(7-5-16)27-13-15-2-9-19(24)21(26)12-15/h1-13H/b10-3+,27-13?. The van der Waals surface area contributed by atoms with Crippen molar-refractivity contribution in [1.82, 2.24) is 0 Å². The van der Waals surface area contributed by atoms with Crippen LogP contribution in [0.3, 0.4) is 0 Å². The van der Waals surface area contributed by atoms with Crippen molar-refractivity contribution in [2.45, 2.75) is 0 Å². The Labute approximate surface area is 183 Å². The summed E-state index contributed by atoms with van der Waals surface area (Å²) in [5.74, 6) is -0.119. The van der Waals surface area contributed by atoms with Crippen molar-refractivity contribution >= 4 is 70.2 Å². The molecule has 0 amide bonds. The van der Waals surface area contributed by atoms with Crippen LogP contribution < -0.4 is 0 Å². The van der Waals surface area contributed by atoms with Crippen LogP contribution in [0.15, 0.2) is 71.7 Å². The molecule has 0 saturated heterocycles. The molecule has 0 atom stereocenters. The van der Waals surface area contributed by atoms with Gasteiger partial charge in [0.2, 0.25) is 0 Å². The Hall–Kier alpha value is -2.10. The Kier molecular flexibility index (Phi) is 6.93. The summed E-state index contributed by atoms with van der Waals surface area (Å²) < 4.78 is 0. The molecule has 0 unspecified atom stereocenters. The van der Waals surface area contributed by atoms with Crippen LogP contribution in [0.4, 0.5) is 5.69 Å². The number of rotatable bonds is 5. The fourth-order valence-corrected chi connectivity index (χ4v) is 2.95. The molecule has 6 heteroatoms. The molecule has 0 fully saturated rings. The smallest absolute Gasteiger partial charge is 0.185 e. The number of nitrogens with zero attached hydrogens (tertiary/aromatic N) is 1. The predicted molar refractivity (Wildman–Crippen MR) is 120 cm³/mol. The monoisotopic (exact) mass is 447 g/mol. The van der Waals surface area contributed by atoms with E-state index in [0.29, 0.717) is 25.7 Å². The van der Waals surface area contributed by atoms with E-state index in [1.54, 1.807) is 66.9 Å². The molecule has 0 spiro atoms. The average molecular weight is 449 g/mol. The van der Waals surface area contributed by atoms with Gasteiger partial charge in [0.05, 0.1) is 25.8 Å². The quantitative estimate of drug-likeness (QED) is 0.221. The molecule has 0 N–H and O–H groups in total. The first-order valence-corrected chi connectivity index (χ1v) is 9.70. The second kappa shape index (κ2) is 9.40. The normalized spacial score (nSPS) is 11.4. The van der Waals surface area contributed by atoms with Crippen molar-refractivity contribution in [2.24, 2.45) is 4.99 Å². The lowest BCUT2D eigenvalue weighted by Crippen LogP contribution is -1.93. The SMILES string of the molecule is O=C(/C=C/c1ccc(Cl)c(Cl)c1)c1ccc(N=Cc2ccc(Cl)c(Cl)c2)cc1. The highest BCUT2D eigenvalue weighted by Crippen LogP contribution is 2.24. The summed E-state index contributed by atoms with van der Waals surface area (Å²) in [7, 11) is 0. The Morgan fingerprint density at radius 1 is 0.714 bits per heavy atom. The van der Waals surface area contributed by atoms with E-state index in [2.05, 4.69) is 4.99 Å². The Balaban J connectivity index is 1.68. The van der Waals surface area contributed by atoms with Gasteiger partial charge in [-0.05, 0) is 65.7 Å². The first-order chi connectivity index (χ1) is 13.4. The van der Waals surface area contributed by atoms with Gasteiger partial charge in [-0.3, -0.25) is 9.79 Å². The van der Waals surface area contributed by atoms with Crippen LogP contribution in [0, 0.1) is 0 Å². The van der Waals surface area contributed by atoms with Gasteiger partial charge in [0.15, 0.2) is 5.78 Å². The lowest BCUT2D eigenvalue weighted by atomic mass is 10.1. The summed E-state index contributed by atoms with van der Waals surface area (Å²) in [4.78, 5) is 16.7. The molecule has 3 rings (SSSR count). The van der Waals surface area contributed by atoms with E-state index >= 15 is 0 Å². The molecule has 2 nitrogen and oxygen atoms in total. The topological polar surface area (TPSA) is 29.4 Å². The largest absolute Gasteiger partial charge is 0.289 e. The van der Waals surface area contributed by atoms with Crippen LogP contribution >= 0.6 is 46.4 Å². The van der Waals surface area contributed by atoms with Crippen LogP contribution in [-0.4, -0.2) is 12.0 Å². The maximum Gasteiger partial charge on any atom is 0.185 e. The van der Waals surface area contributed by atoms with Crippen molar-refractivity contribution in [3.63, 3.8) is 0 Å². The molecule has 0 radical (unpaired) electrons. The number of hydrogen-bond acceptors (Lipinski definition) is 2. The number of allylic oxidation sites excluding steroid dienone is 1. The summed E-state index contributed by atoms with van der Waals surface area (Å²) in [5, 5.41) is 1.89. The van der Waals surface area contributed by atoms with Gasteiger partial charge in [0, 0.05) is 11.8 Å². The summed E-state index contributed by atoms with van der Waals surface area (Å²) in [6.07, 6.45) is 4.87. The van der Waals surface area contributed by atoms with Crippen molar-refractivity contribution in [2.75, 3.05) is 0 Å². The molecule has 0 aliphatic carbocycles. The van der Waals surface area contributed by atoms with E-state index < -0.39 is 0 Å². The number of carbonyl (C=O) groups excluding carboxylic acids is 1. The van der Waals surface area contributed by atoms with Gasteiger partial charge in [0.25, 0.3) is 0 Å². The maximum absolute atomic E-state index is 12.3. The van der Waals surface area contributed by atoms with E-state index in [0.717, 1.165) is 16.8 Å². The van der Waals surface area contributed by atoms with Gasteiger partial charge in [-0.1, -0.05) is 64.6 Å². The summed E-state index contributed by atoms with van der Waals surface area (Å²) >= 11 is 23.8. The average Bonchev–Trinajstić information content (AvgIpc) is 2.70. The van der Waals surface area contributed by atoms with Crippen molar-refractivity contribution in [1.29, 1.82) is 0 Å². The van der Waals surface area contributed by atoms with Gasteiger partial charge in [-0.25, -0.2) is 0 Å². The molecule has 0 aromatic heterocycles. The molecule has 0 heterocycles. The zero-order chi connectivity index (χ0) is 20.1. The van der Waals surface area contributed by atoms with E-state index in [9.17, 15) is 4.79 Å². The lowest BCUT2D eigenvalue weighted by Gasteiger charge is -2.00. The van der Waals surface area contributed by atoms with Gasteiger partial charge < -0.3 is 0 Å². The second-order valence-corrected chi connectivity index (χ2v) is 7.48. The Morgan fingerprint density at radius 3 is 1.89 bits per heavy atom. The molecule has 0 bridgehead atoms. The summed E-state index contributed by atoms with van der Waals surface area (Å²) in [5.41, 5.74) is 2.91. The van der Waals surface area contributed by atoms with Gasteiger partial charge >= 0.3 is 0 Å². The lowest BCUT2D eigenvalue weighted by molar-refractivity contribution is 0.104. The van der Waals surface area contributed by atoms with E-state index in [-0.39, 0.29) is 5.78 Å². The molecule has 3 aromatic carbocycles. The third-order valence-corrected chi connectivity index (χ3v) is 5.31. The van der Waals surface area contributed by atoms with Crippen LogP contribution in [-0.2, 0) is 0 Å². The first kappa shape index (κ1) is 20.6. The van der Waals surface area contributed by atoms with Crippen molar-refractivity contribution < 1.29 is 4.79 Å². The van der Waals surface area contributed by atoms with Crippen molar-refractivity contribution in [3.05, 3.63) is 104 Å². The second-order valence-electron chi connectivity index (χ2n) is 5.85. The fourth-order valence-electron chi connectivity index (χ4n) is 2.34. The highest BCUT2D eigenvalue weighted by molar-refractivity contribution is 6.42. The number of benzene rings is 3. The highest BCUT2D eigenvalue weighted by Gasteiger charge is 2.03. The minimum atomic E-state index is -0.119. The Morgan fingerprint density at radius 2 is 1.29 bits per heavy atom. The number of ketones is 1. The number of aliphatic imine (C=N–C) groups is 1.